The number of hydrogen-bond acceptors (Lipinski definition) is 3. The number of carboxylic acid groups (broad SMARTS) is 1. The van der Waals surface area contributed by atoms with Gasteiger partial charge in [0, 0.05) is 6.04 Å². The Kier molecular flexibility index (Phi) is 6.27. The first-order valence-corrected chi connectivity index (χ1v) is 6.96. The van der Waals surface area contributed by atoms with Gasteiger partial charge in [-0.15, -0.1) is 0 Å². The number of carbonyl (C=O) groups is 3. The minimum absolute atomic E-state index is 0.0583. The highest BCUT2D eigenvalue weighted by Crippen LogP contribution is 2.22. The Labute approximate surface area is 118 Å². The maximum absolute atomic E-state index is 11.8. The van der Waals surface area contributed by atoms with Crippen LogP contribution in [0.15, 0.2) is 0 Å². The molecule has 20 heavy (non-hydrogen) atoms. The fourth-order valence-corrected chi connectivity index (χ4v) is 2.42. The van der Waals surface area contributed by atoms with Crippen molar-refractivity contribution in [3.63, 3.8) is 0 Å². The van der Waals surface area contributed by atoms with E-state index in [0.29, 0.717) is 5.92 Å². The van der Waals surface area contributed by atoms with Gasteiger partial charge in [0.05, 0.1) is 6.42 Å². The smallest absolute Gasteiger partial charge is 0.326 e. The van der Waals surface area contributed by atoms with Crippen LogP contribution in [0.1, 0.15) is 45.4 Å². The Hall–Kier alpha value is -1.79. The molecule has 0 radical (unpaired) electrons. The molecule has 5 N–H and O–H groups in total. The first-order valence-electron chi connectivity index (χ1n) is 6.96. The van der Waals surface area contributed by atoms with Crippen molar-refractivity contribution in [1.29, 1.82) is 0 Å². The fourth-order valence-electron chi connectivity index (χ4n) is 2.42. The third-order valence-corrected chi connectivity index (χ3v) is 3.60. The molecule has 1 saturated carbocycles. The Balaban J connectivity index is 2.44. The topological polar surface area (TPSA) is 122 Å². The highest BCUT2D eigenvalue weighted by atomic mass is 16.4. The summed E-state index contributed by atoms with van der Waals surface area (Å²) in [7, 11) is 0. The summed E-state index contributed by atoms with van der Waals surface area (Å²) in [6.45, 7) is 2.19. The molecule has 0 aromatic heterocycles. The van der Waals surface area contributed by atoms with Crippen molar-refractivity contribution in [1.82, 2.24) is 10.6 Å². The largest absolute Gasteiger partial charge is 0.480 e. The monoisotopic (exact) mass is 285 g/mol. The Morgan fingerprint density at radius 2 is 1.95 bits per heavy atom. The van der Waals surface area contributed by atoms with Crippen molar-refractivity contribution in [2.75, 3.05) is 0 Å². The number of carbonyl (C=O) groups excluding carboxylic acids is 2. The van der Waals surface area contributed by atoms with E-state index in [1.807, 2.05) is 0 Å². The average Bonchev–Trinajstić information content (AvgIpc) is 2.53. The highest BCUT2D eigenvalue weighted by molar-refractivity contribution is 5.87. The second-order valence-electron chi connectivity index (χ2n) is 5.49. The number of aliphatic carboxylic acids is 1. The van der Waals surface area contributed by atoms with Gasteiger partial charge in [-0.1, -0.05) is 19.8 Å². The van der Waals surface area contributed by atoms with Gasteiger partial charge in [0.15, 0.2) is 0 Å². The molecule has 3 amide bonds. The Bertz CT molecular complexity index is 373. The first kappa shape index (κ1) is 16.3. The lowest BCUT2D eigenvalue weighted by Crippen LogP contribution is -2.50. The van der Waals surface area contributed by atoms with Crippen LogP contribution in [-0.2, 0) is 9.59 Å². The van der Waals surface area contributed by atoms with Crippen molar-refractivity contribution in [2.24, 2.45) is 11.7 Å². The van der Waals surface area contributed by atoms with Crippen LogP contribution in [0.4, 0.5) is 4.79 Å². The number of hydrogen-bond donors (Lipinski definition) is 4. The van der Waals surface area contributed by atoms with Gasteiger partial charge in [0.2, 0.25) is 5.91 Å². The summed E-state index contributed by atoms with van der Waals surface area (Å²) in [4.78, 5) is 33.4. The molecule has 114 valence electrons. The summed E-state index contributed by atoms with van der Waals surface area (Å²) in [6, 6.07) is -1.78. The lowest BCUT2D eigenvalue weighted by atomic mass is 10.0. The zero-order valence-electron chi connectivity index (χ0n) is 11.7. The Morgan fingerprint density at radius 3 is 2.55 bits per heavy atom. The number of primary amides is 1. The molecule has 1 rings (SSSR count). The molecular formula is C13H23N3O4. The molecule has 7 heteroatoms. The van der Waals surface area contributed by atoms with Crippen LogP contribution in [0.3, 0.4) is 0 Å². The summed E-state index contributed by atoms with van der Waals surface area (Å²) >= 11 is 0. The molecule has 0 aliphatic heterocycles. The second-order valence-corrected chi connectivity index (χ2v) is 5.49. The van der Waals surface area contributed by atoms with Gasteiger partial charge in [0.1, 0.15) is 6.04 Å². The van der Waals surface area contributed by atoms with Crippen molar-refractivity contribution >= 4 is 17.9 Å². The number of nitrogens with two attached hydrogens (primary N) is 1. The highest BCUT2D eigenvalue weighted by Gasteiger charge is 2.24. The summed E-state index contributed by atoms with van der Waals surface area (Å²) in [5, 5.41) is 14.0. The normalized spacial score (nSPS) is 24.2. The lowest BCUT2D eigenvalue weighted by Gasteiger charge is -2.19. The van der Waals surface area contributed by atoms with Gasteiger partial charge in [-0.05, 0) is 25.2 Å². The van der Waals surface area contributed by atoms with E-state index in [2.05, 4.69) is 17.6 Å². The molecule has 0 heterocycles. The molecule has 0 saturated heterocycles. The molecule has 0 aromatic rings. The van der Waals surface area contributed by atoms with Crippen LogP contribution in [0.2, 0.25) is 0 Å². The van der Waals surface area contributed by atoms with E-state index >= 15 is 0 Å². The fraction of sp³-hybridized carbons (Fsp3) is 0.769. The van der Waals surface area contributed by atoms with Gasteiger partial charge < -0.3 is 21.5 Å². The molecule has 0 spiro atoms. The molecule has 1 aliphatic carbocycles. The van der Waals surface area contributed by atoms with Crippen molar-refractivity contribution < 1.29 is 19.5 Å². The SMILES string of the molecule is CC1CCCC(NC(=O)NC(CC(N)=O)C(=O)O)CC1. The number of nitrogens with one attached hydrogen (secondary N) is 2. The predicted octanol–water partition coefficient (Wildman–Crippen LogP) is 0.583. The van der Waals surface area contributed by atoms with E-state index in [4.69, 9.17) is 10.8 Å². The summed E-state index contributed by atoms with van der Waals surface area (Å²) in [5.41, 5.74) is 4.95. The molecule has 7 nitrogen and oxygen atoms in total. The minimum atomic E-state index is -1.28. The lowest BCUT2D eigenvalue weighted by molar-refractivity contribution is -0.140. The molecule has 1 fully saturated rings. The van der Waals surface area contributed by atoms with Crippen molar-refractivity contribution in [2.45, 2.75) is 57.5 Å². The molecule has 3 atom stereocenters. The molecule has 0 aromatic carbocycles. The molecule has 3 unspecified atom stereocenters. The summed E-state index contributed by atoms with van der Waals surface area (Å²) in [5.74, 6) is -1.37. The van der Waals surface area contributed by atoms with Gasteiger partial charge in [-0.25, -0.2) is 9.59 Å². The number of rotatable bonds is 5. The van der Waals surface area contributed by atoms with Gasteiger partial charge >= 0.3 is 12.0 Å². The van der Waals surface area contributed by atoms with Crippen LogP contribution in [-0.4, -0.2) is 35.1 Å². The Morgan fingerprint density at radius 1 is 1.25 bits per heavy atom. The van der Waals surface area contributed by atoms with E-state index < -0.39 is 30.4 Å². The van der Waals surface area contributed by atoms with Crippen LogP contribution < -0.4 is 16.4 Å². The number of carboxylic acids is 1. The zero-order valence-corrected chi connectivity index (χ0v) is 11.7. The van der Waals surface area contributed by atoms with Crippen molar-refractivity contribution in [3.05, 3.63) is 0 Å². The zero-order chi connectivity index (χ0) is 15.1. The maximum Gasteiger partial charge on any atom is 0.326 e. The molecular weight excluding hydrogens is 262 g/mol. The third kappa shape index (κ3) is 5.90. The van der Waals surface area contributed by atoms with E-state index in [-0.39, 0.29) is 6.04 Å². The standard InChI is InChI=1S/C13H23N3O4/c1-8-3-2-4-9(6-5-8)15-13(20)16-10(12(18)19)7-11(14)17/h8-10H,2-7H2,1H3,(H2,14,17)(H,18,19)(H2,15,16,20). The third-order valence-electron chi connectivity index (χ3n) is 3.60. The van der Waals surface area contributed by atoms with E-state index in [0.717, 1.165) is 32.1 Å². The van der Waals surface area contributed by atoms with Gasteiger partial charge in [-0.3, -0.25) is 4.79 Å². The van der Waals surface area contributed by atoms with Crippen LogP contribution >= 0.6 is 0 Å². The second kappa shape index (κ2) is 7.72. The number of urea groups is 1. The molecule has 1 aliphatic rings. The molecule has 0 bridgehead atoms. The van der Waals surface area contributed by atoms with E-state index in [9.17, 15) is 14.4 Å². The average molecular weight is 285 g/mol. The predicted molar refractivity (Wildman–Crippen MR) is 72.9 cm³/mol. The summed E-state index contributed by atoms with van der Waals surface area (Å²) < 4.78 is 0. The number of amides is 3. The van der Waals surface area contributed by atoms with E-state index in [1.54, 1.807) is 0 Å². The van der Waals surface area contributed by atoms with Crippen LogP contribution in [0.5, 0.6) is 0 Å². The van der Waals surface area contributed by atoms with Gasteiger partial charge in [0.25, 0.3) is 0 Å². The maximum atomic E-state index is 11.8. The first-order chi connectivity index (χ1) is 9.38. The summed E-state index contributed by atoms with van der Waals surface area (Å²) in [6.07, 6.45) is 4.63. The van der Waals surface area contributed by atoms with Crippen molar-refractivity contribution in [3.8, 4) is 0 Å². The van der Waals surface area contributed by atoms with Crippen LogP contribution in [0, 0.1) is 5.92 Å². The van der Waals surface area contributed by atoms with E-state index in [1.165, 1.54) is 0 Å². The van der Waals surface area contributed by atoms with Gasteiger partial charge in [-0.2, -0.15) is 0 Å². The van der Waals surface area contributed by atoms with Crippen LogP contribution in [0.25, 0.3) is 0 Å². The quantitative estimate of drug-likeness (QED) is 0.552. The minimum Gasteiger partial charge on any atom is -0.480 e.